The van der Waals surface area contributed by atoms with Gasteiger partial charge in [-0.3, -0.25) is 13.8 Å². The van der Waals surface area contributed by atoms with Crippen LogP contribution in [-0.4, -0.2) is 80.2 Å². The number of aliphatic hydroxyl groups excluding tert-OH is 1. The molecule has 0 rings (SSSR count). The second kappa shape index (κ2) is 38.3. The number of likely N-dealkylation sites (N-methyl/N-ethyl adjacent to an activating group) is 1. The Morgan fingerprint density at radius 1 is 0.643 bits per heavy atom. The molecule has 0 saturated carbocycles. The maximum absolute atomic E-state index is 12.7. The molecule has 2 N–H and O–H groups in total. The van der Waals surface area contributed by atoms with Crippen molar-refractivity contribution in [2.45, 2.75) is 167 Å². The van der Waals surface area contributed by atoms with Gasteiger partial charge in [0.15, 0.2) is 6.10 Å². The molecule has 0 aromatic heterocycles. The first-order valence-corrected chi connectivity index (χ1v) is 23.3. The number of nitrogens with zero attached hydrogens (tertiary/aromatic N) is 1. The van der Waals surface area contributed by atoms with Gasteiger partial charge in [-0.25, -0.2) is 4.57 Å². The van der Waals surface area contributed by atoms with Crippen molar-refractivity contribution < 1.29 is 42.4 Å². The number of allylic oxidation sites excluding steroid dienone is 10. The van der Waals surface area contributed by atoms with Gasteiger partial charge < -0.3 is 24.0 Å². The van der Waals surface area contributed by atoms with Crippen molar-refractivity contribution in [3.63, 3.8) is 0 Å². The van der Waals surface area contributed by atoms with Gasteiger partial charge in [0.2, 0.25) is 0 Å². The zero-order valence-corrected chi connectivity index (χ0v) is 37.1. The number of hydrogen-bond donors (Lipinski definition) is 2. The van der Waals surface area contributed by atoms with Gasteiger partial charge in [0.05, 0.1) is 40.1 Å². The highest BCUT2D eigenvalue weighted by Gasteiger charge is 2.26. The van der Waals surface area contributed by atoms with Crippen molar-refractivity contribution in [3.05, 3.63) is 73.1 Å². The smallest absolute Gasteiger partial charge is 0.472 e. The summed E-state index contributed by atoms with van der Waals surface area (Å²) >= 11 is 0. The minimum absolute atomic E-state index is 0.00854. The number of rotatable bonds is 39. The Bertz CT molecular complexity index is 1140. The van der Waals surface area contributed by atoms with E-state index in [1.54, 1.807) is 6.26 Å². The fourth-order valence-corrected chi connectivity index (χ4v) is 6.15. The van der Waals surface area contributed by atoms with Crippen LogP contribution in [0.5, 0.6) is 0 Å². The topological polar surface area (TPSA) is 112 Å². The lowest BCUT2D eigenvalue weighted by atomic mass is 10.1. The third-order valence-corrected chi connectivity index (χ3v) is 9.86. The van der Waals surface area contributed by atoms with E-state index >= 15 is 0 Å². The van der Waals surface area contributed by atoms with Gasteiger partial charge in [-0.05, 0) is 83.1 Å². The average molecular weight is 809 g/mol. The molecule has 0 heterocycles. The second-order valence-corrected chi connectivity index (χ2v) is 17.1. The zero-order valence-electron chi connectivity index (χ0n) is 36.2. The molecule has 0 amide bonds. The summed E-state index contributed by atoms with van der Waals surface area (Å²) in [6.07, 6.45) is 46.6. The highest BCUT2D eigenvalue weighted by Crippen LogP contribution is 2.43. The number of phosphoric acid groups is 1. The van der Waals surface area contributed by atoms with Crippen molar-refractivity contribution in [2.24, 2.45) is 0 Å². The Morgan fingerprint density at radius 3 is 1.77 bits per heavy atom. The summed E-state index contributed by atoms with van der Waals surface area (Å²) in [7, 11) is 1.56. The van der Waals surface area contributed by atoms with Crippen LogP contribution in [0.2, 0.25) is 0 Å². The van der Waals surface area contributed by atoms with Crippen molar-refractivity contribution in [2.75, 3.05) is 47.5 Å². The van der Waals surface area contributed by atoms with Crippen LogP contribution in [0, 0.1) is 0 Å². The average Bonchev–Trinajstić information content (AvgIpc) is 3.15. The summed E-state index contributed by atoms with van der Waals surface area (Å²) in [5, 5.41) is 9.83. The van der Waals surface area contributed by atoms with Gasteiger partial charge in [-0.2, -0.15) is 0 Å². The molecule has 10 heteroatoms. The SMILES string of the molecule is CCCCCC/C=C\CCCCCCCC/C=C/OC[C@H](COP(=O)(O)OCC[N+](C)(C)C)OC(=O)CCC/C=C\C/C=C\C/C=C\C/C=C\[C@H](O)CCCC. The van der Waals surface area contributed by atoms with Crippen molar-refractivity contribution in [1.82, 2.24) is 0 Å². The maximum Gasteiger partial charge on any atom is 0.472 e. The number of quaternary nitrogens is 1. The molecule has 3 atom stereocenters. The molecule has 0 radical (unpaired) electrons. The summed E-state index contributed by atoms with van der Waals surface area (Å²) in [4.78, 5) is 22.8. The maximum atomic E-state index is 12.7. The molecule has 0 saturated heterocycles. The molecule has 9 nitrogen and oxygen atoms in total. The van der Waals surface area contributed by atoms with E-state index in [1.807, 2.05) is 39.4 Å². The highest BCUT2D eigenvalue weighted by molar-refractivity contribution is 7.47. The largest absolute Gasteiger partial charge is 0.498 e. The normalized spacial score (nSPS) is 15.0. The molecule has 0 fully saturated rings. The summed E-state index contributed by atoms with van der Waals surface area (Å²) < 4.78 is 34.6. The minimum Gasteiger partial charge on any atom is -0.498 e. The summed E-state index contributed by atoms with van der Waals surface area (Å²) in [5.41, 5.74) is 0. The zero-order chi connectivity index (χ0) is 41.4. The van der Waals surface area contributed by atoms with Crippen molar-refractivity contribution in [1.29, 1.82) is 0 Å². The molecule has 0 spiro atoms. The van der Waals surface area contributed by atoms with E-state index in [9.17, 15) is 19.4 Å². The predicted octanol–water partition coefficient (Wildman–Crippen LogP) is 12.0. The van der Waals surface area contributed by atoms with Gasteiger partial charge >= 0.3 is 13.8 Å². The minimum atomic E-state index is -4.32. The Labute approximate surface area is 343 Å². The van der Waals surface area contributed by atoms with Crippen LogP contribution in [0.25, 0.3) is 0 Å². The number of ether oxygens (including phenoxy) is 2. The number of esters is 1. The molecule has 0 aliphatic rings. The third-order valence-electron chi connectivity index (χ3n) is 8.88. The monoisotopic (exact) mass is 809 g/mol. The van der Waals surface area contributed by atoms with Crippen LogP contribution in [0.3, 0.4) is 0 Å². The number of unbranched alkanes of at least 4 members (excludes halogenated alkanes) is 13. The fraction of sp³-hybridized carbons (Fsp3) is 0.717. The summed E-state index contributed by atoms with van der Waals surface area (Å²) in [6.45, 7) is 4.66. The van der Waals surface area contributed by atoms with E-state index in [1.165, 1.54) is 70.6 Å². The van der Waals surface area contributed by atoms with Crippen molar-refractivity contribution >= 4 is 13.8 Å². The van der Waals surface area contributed by atoms with Gasteiger partial charge in [-0.15, -0.1) is 0 Å². The van der Waals surface area contributed by atoms with E-state index in [0.29, 0.717) is 17.4 Å². The molecule has 0 aromatic rings. The Balaban J connectivity index is 4.45. The lowest BCUT2D eigenvalue weighted by Gasteiger charge is -2.24. The number of carbonyl (C=O) groups is 1. The number of aliphatic hydroxyl groups is 1. The van der Waals surface area contributed by atoms with Crippen LogP contribution < -0.4 is 0 Å². The number of carbonyl (C=O) groups excluding carboxylic acids is 1. The molecule has 56 heavy (non-hydrogen) atoms. The molecular weight excluding hydrogens is 725 g/mol. The van der Waals surface area contributed by atoms with E-state index in [4.69, 9.17) is 18.5 Å². The van der Waals surface area contributed by atoms with Crippen LogP contribution in [0.4, 0.5) is 0 Å². The van der Waals surface area contributed by atoms with Gasteiger partial charge in [0.25, 0.3) is 0 Å². The van der Waals surface area contributed by atoms with E-state index in [0.717, 1.165) is 57.8 Å². The lowest BCUT2D eigenvalue weighted by Crippen LogP contribution is -2.37. The van der Waals surface area contributed by atoms with E-state index in [-0.39, 0.29) is 32.3 Å². The second-order valence-electron chi connectivity index (χ2n) is 15.6. The fourth-order valence-electron chi connectivity index (χ4n) is 5.40. The predicted molar refractivity (Wildman–Crippen MR) is 234 cm³/mol. The van der Waals surface area contributed by atoms with E-state index in [2.05, 4.69) is 62.5 Å². The molecule has 0 aliphatic heterocycles. The quantitative estimate of drug-likeness (QED) is 0.0158. The van der Waals surface area contributed by atoms with Gasteiger partial charge in [-0.1, -0.05) is 132 Å². The van der Waals surface area contributed by atoms with Crippen LogP contribution in [0.1, 0.15) is 155 Å². The standard InChI is InChI=1S/C46H82NO8P/c1-6-8-10-11-12-13-14-15-16-17-20-23-26-29-32-35-40-52-42-45(43-54-56(50,51)53-41-39-47(3,4)5)55-46(49)38-34-31-28-25-22-19-18-21-24-27-30-33-37-44(48)36-9-7-2/h13-14,18-19,24-25,27-28,33,35,37,40,44-45,48H,6-12,15-17,20-23,26,29-32,34,36,38-39,41-43H2,1-5H3/p+1/b14-13-,19-18-,27-24-,28-25-,37-33-,40-35+/t44-,45-/m1/s1. The first kappa shape index (κ1) is 53.7. The lowest BCUT2D eigenvalue weighted by molar-refractivity contribution is -0.870. The van der Waals surface area contributed by atoms with Gasteiger partial charge in [0.1, 0.15) is 19.8 Å². The van der Waals surface area contributed by atoms with Crippen LogP contribution >= 0.6 is 7.82 Å². The highest BCUT2D eigenvalue weighted by atomic mass is 31.2. The van der Waals surface area contributed by atoms with E-state index < -0.39 is 19.9 Å². The summed E-state index contributed by atoms with van der Waals surface area (Å²) in [6, 6.07) is 0. The summed E-state index contributed by atoms with van der Waals surface area (Å²) in [5.74, 6) is -0.409. The van der Waals surface area contributed by atoms with Crippen LogP contribution in [0.15, 0.2) is 73.1 Å². The molecule has 0 bridgehead atoms. The Hall–Kier alpha value is -2.26. The molecule has 0 aromatic carbocycles. The van der Waals surface area contributed by atoms with Crippen molar-refractivity contribution in [3.8, 4) is 0 Å². The molecule has 1 unspecified atom stereocenters. The number of phosphoric ester groups is 1. The first-order valence-electron chi connectivity index (χ1n) is 21.8. The first-order chi connectivity index (χ1) is 27.0. The molecule has 0 aliphatic carbocycles. The third kappa shape index (κ3) is 41.4. The molecular formula is C46H83NO8P+. The number of hydrogen-bond acceptors (Lipinski definition) is 7. The Kier molecular flexibility index (Phi) is 36.7. The Morgan fingerprint density at radius 2 is 1.16 bits per heavy atom. The molecule has 324 valence electrons. The van der Waals surface area contributed by atoms with Crippen LogP contribution in [-0.2, 0) is 27.9 Å². The van der Waals surface area contributed by atoms with Gasteiger partial charge in [0, 0.05) is 6.42 Å².